The number of para-hydroxylation sites is 1. The molecule has 164 valence electrons. The molecule has 0 radical (unpaired) electrons. The van der Waals surface area contributed by atoms with E-state index >= 15 is 0 Å². The Morgan fingerprint density at radius 1 is 0.938 bits per heavy atom. The Balaban J connectivity index is 1.80. The van der Waals surface area contributed by atoms with Crippen molar-refractivity contribution in [3.05, 3.63) is 78.0 Å². The summed E-state index contributed by atoms with van der Waals surface area (Å²) in [4.78, 5) is 39.4. The Morgan fingerprint density at radius 2 is 1.66 bits per heavy atom. The summed E-state index contributed by atoms with van der Waals surface area (Å²) in [6, 6.07) is 17.4. The number of anilines is 4. The minimum absolute atomic E-state index is 0.0440. The number of pyridine rings is 1. The predicted octanol–water partition coefficient (Wildman–Crippen LogP) is 3.85. The molecule has 2 aromatic carbocycles. The highest BCUT2D eigenvalue weighted by Gasteiger charge is 2.15. The minimum Gasteiger partial charge on any atom is -0.481 e. The molecule has 3 amide bonds. The number of hydrogen-bond donors (Lipinski definition) is 5. The molecule has 0 saturated heterocycles. The van der Waals surface area contributed by atoms with Crippen LogP contribution in [0.4, 0.5) is 27.7 Å². The number of carbonyl (C=O) groups is 3. The molecule has 0 aliphatic carbocycles. The SMILES string of the molecule is CNC(=O)Nc1cc(Nc2ccccc2)c(C(=O)Nc2ccc(CCC(=O)O)cc2)cn1. The van der Waals surface area contributed by atoms with E-state index in [2.05, 4.69) is 26.3 Å². The maximum Gasteiger partial charge on any atom is 0.320 e. The summed E-state index contributed by atoms with van der Waals surface area (Å²) in [6.45, 7) is 0. The molecule has 9 nitrogen and oxygen atoms in total. The quantitative estimate of drug-likeness (QED) is 0.367. The fourth-order valence-corrected chi connectivity index (χ4v) is 2.87. The van der Waals surface area contributed by atoms with Gasteiger partial charge in [0.15, 0.2) is 0 Å². The number of hydrogen-bond acceptors (Lipinski definition) is 5. The highest BCUT2D eigenvalue weighted by atomic mass is 16.4. The topological polar surface area (TPSA) is 132 Å². The van der Waals surface area contributed by atoms with Crippen molar-refractivity contribution in [1.82, 2.24) is 10.3 Å². The third kappa shape index (κ3) is 6.30. The van der Waals surface area contributed by atoms with Crippen LogP contribution >= 0.6 is 0 Å². The van der Waals surface area contributed by atoms with Crippen LogP contribution in [0.2, 0.25) is 0 Å². The summed E-state index contributed by atoms with van der Waals surface area (Å²) in [5, 5.41) is 19.8. The number of nitrogens with one attached hydrogen (secondary N) is 4. The van der Waals surface area contributed by atoms with E-state index in [4.69, 9.17) is 5.11 Å². The summed E-state index contributed by atoms with van der Waals surface area (Å²) in [7, 11) is 1.49. The highest BCUT2D eigenvalue weighted by Crippen LogP contribution is 2.24. The van der Waals surface area contributed by atoms with Crippen LogP contribution in [0.3, 0.4) is 0 Å². The number of aromatic nitrogens is 1. The van der Waals surface area contributed by atoms with E-state index in [1.54, 1.807) is 30.3 Å². The third-order valence-corrected chi connectivity index (χ3v) is 4.51. The van der Waals surface area contributed by atoms with Gasteiger partial charge in [-0.15, -0.1) is 0 Å². The van der Waals surface area contributed by atoms with E-state index in [1.807, 2.05) is 30.3 Å². The Kier molecular flexibility index (Phi) is 7.37. The second-order valence-electron chi connectivity index (χ2n) is 6.86. The van der Waals surface area contributed by atoms with E-state index in [9.17, 15) is 14.4 Å². The lowest BCUT2D eigenvalue weighted by atomic mass is 10.1. The van der Waals surface area contributed by atoms with Crippen molar-refractivity contribution < 1.29 is 19.5 Å². The summed E-state index contributed by atoms with van der Waals surface area (Å²) in [5.41, 5.74) is 2.94. The van der Waals surface area contributed by atoms with Crippen LogP contribution < -0.4 is 21.3 Å². The average Bonchev–Trinajstić information content (AvgIpc) is 2.79. The van der Waals surface area contributed by atoms with Crippen molar-refractivity contribution in [3.63, 3.8) is 0 Å². The van der Waals surface area contributed by atoms with Crippen LogP contribution in [0, 0.1) is 0 Å². The molecule has 1 aromatic heterocycles. The van der Waals surface area contributed by atoms with E-state index < -0.39 is 12.0 Å². The smallest absolute Gasteiger partial charge is 0.320 e. The van der Waals surface area contributed by atoms with Crippen molar-refractivity contribution in [2.24, 2.45) is 0 Å². The molecule has 0 saturated carbocycles. The molecule has 0 bridgehead atoms. The number of carbonyl (C=O) groups excluding carboxylic acids is 2. The maximum atomic E-state index is 12.9. The molecule has 3 aromatic rings. The van der Waals surface area contributed by atoms with Crippen LogP contribution in [0.25, 0.3) is 0 Å². The van der Waals surface area contributed by atoms with Crippen LogP contribution in [0.15, 0.2) is 66.9 Å². The summed E-state index contributed by atoms with van der Waals surface area (Å²) in [5.74, 6) is -0.967. The van der Waals surface area contributed by atoms with Gasteiger partial charge in [0.2, 0.25) is 0 Å². The minimum atomic E-state index is -0.859. The Morgan fingerprint density at radius 3 is 2.31 bits per heavy atom. The first kappa shape index (κ1) is 22.3. The number of amides is 3. The molecular formula is C23H23N5O4. The van der Waals surface area contributed by atoms with Crippen LogP contribution in [0.5, 0.6) is 0 Å². The molecule has 32 heavy (non-hydrogen) atoms. The van der Waals surface area contributed by atoms with Crippen LogP contribution in [0.1, 0.15) is 22.3 Å². The Labute approximate surface area is 184 Å². The first-order valence-electron chi connectivity index (χ1n) is 9.87. The van der Waals surface area contributed by atoms with Crippen molar-refractivity contribution >= 4 is 40.8 Å². The number of aryl methyl sites for hydroxylation is 1. The van der Waals surface area contributed by atoms with Crippen molar-refractivity contribution in [1.29, 1.82) is 0 Å². The van der Waals surface area contributed by atoms with E-state index in [-0.39, 0.29) is 23.7 Å². The van der Waals surface area contributed by atoms with E-state index in [0.29, 0.717) is 17.8 Å². The average molecular weight is 433 g/mol. The predicted molar refractivity (Wildman–Crippen MR) is 122 cm³/mol. The molecule has 0 aliphatic rings. The molecule has 1 heterocycles. The van der Waals surface area contributed by atoms with Gasteiger partial charge >= 0.3 is 12.0 Å². The van der Waals surface area contributed by atoms with Crippen molar-refractivity contribution in [2.45, 2.75) is 12.8 Å². The monoisotopic (exact) mass is 433 g/mol. The standard InChI is InChI=1S/C23H23N5O4/c1-24-23(32)28-20-13-19(26-16-5-3-2-4-6-16)18(14-25-20)22(31)27-17-10-7-15(8-11-17)9-12-21(29)30/h2-8,10-11,13-14H,9,12H2,1H3,(H,27,31)(H,29,30)(H3,24,25,26,28,32). The van der Waals surface area contributed by atoms with Gasteiger partial charge < -0.3 is 21.1 Å². The zero-order valence-corrected chi connectivity index (χ0v) is 17.4. The van der Waals surface area contributed by atoms with Gasteiger partial charge in [0.25, 0.3) is 5.91 Å². The lowest BCUT2D eigenvalue weighted by Gasteiger charge is -2.14. The number of urea groups is 1. The van der Waals surface area contributed by atoms with Gasteiger partial charge in [0.05, 0.1) is 11.3 Å². The number of aliphatic carboxylic acids is 1. The van der Waals surface area contributed by atoms with Gasteiger partial charge in [0, 0.05) is 37.1 Å². The van der Waals surface area contributed by atoms with Gasteiger partial charge in [-0.05, 0) is 36.2 Å². The zero-order chi connectivity index (χ0) is 22.9. The molecule has 5 N–H and O–H groups in total. The number of nitrogens with zero attached hydrogens (tertiary/aromatic N) is 1. The number of carboxylic acid groups (broad SMARTS) is 1. The lowest BCUT2D eigenvalue weighted by Crippen LogP contribution is -2.25. The van der Waals surface area contributed by atoms with Gasteiger partial charge in [-0.2, -0.15) is 0 Å². The second-order valence-corrected chi connectivity index (χ2v) is 6.86. The summed E-state index contributed by atoms with van der Waals surface area (Å²) < 4.78 is 0. The summed E-state index contributed by atoms with van der Waals surface area (Å²) >= 11 is 0. The van der Waals surface area contributed by atoms with Crippen molar-refractivity contribution in [2.75, 3.05) is 23.0 Å². The molecular weight excluding hydrogens is 410 g/mol. The van der Waals surface area contributed by atoms with Gasteiger partial charge in [-0.25, -0.2) is 9.78 Å². The molecule has 0 unspecified atom stereocenters. The molecule has 9 heteroatoms. The fraction of sp³-hybridized carbons (Fsp3) is 0.130. The summed E-state index contributed by atoms with van der Waals surface area (Å²) in [6.07, 6.45) is 1.84. The fourth-order valence-electron chi connectivity index (χ4n) is 2.87. The van der Waals surface area contributed by atoms with Gasteiger partial charge in [-0.1, -0.05) is 30.3 Å². The molecule has 0 fully saturated rings. The molecule has 3 rings (SSSR count). The van der Waals surface area contributed by atoms with Crippen molar-refractivity contribution in [3.8, 4) is 0 Å². The normalized spacial score (nSPS) is 10.2. The van der Waals surface area contributed by atoms with Gasteiger partial charge in [0.1, 0.15) is 5.82 Å². The van der Waals surface area contributed by atoms with E-state index in [0.717, 1.165) is 11.3 Å². The van der Waals surface area contributed by atoms with Gasteiger partial charge in [-0.3, -0.25) is 14.9 Å². The zero-order valence-electron chi connectivity index (χ0n) is 17.4. The lowest BCUT2D eigenvalue weighted by molar-refractivity contribution is -0.136. The van der Waals surface area contributed by atoms with Crippen LogP contribution in [-0.4, -0.2) is 35.0 Å². The van der Waals surface area contributed by atoms with E-state index in [1.165, 1.54) is 13.2 Å². The first-order chi connectivity index (χ1) is 15.4. The third-order valence-electron chi connectivity index (χ3n) is 4.51. The molecule has 0 atom stereocenters. The Bertz CT molecular complexity index is 1100. The second kappa shape index (κ2) is 10.6. The molecule has 0 aliphatic heterocycles. The molecule has 0 spiro atoms. The maximum absolute atomic E-state index is 12.9. The number of benzene rings is 2. The largest absolute Gasteiger partial charge is 0.481 e. The number of rotatable bonds is 8. The number of carboxylic acids is 1. The first-order valence-corrected chi connectivity index (χ1v) is 9.87. The highest BCUT2D eigenvalue weighted by molar-refractivity contribution is 6.08. The Hall–Kier alpha value is -4.40. The van der Waals surface area contributed by atoms with Crippen LogP contribution in [-0.2, 0) is 11.2 Å².